The summed E-state index contributed by atoms with van der Waals surface area (Å²) in [5, 5.41) is 11.7. The van der Waals surface area contributed by atoms with Gasteiger partial charge in [-0.2, -0.15) is 0 Å². The summed E-state index contributed by atoms with van der Waals surface area (Å²) >= 11 is 0. The molecule has 0 unspecified atom stereocenters. The summed E-state index contributed by atoms with van der Waals surface area (Å²) in [5.74, 6) is 1.41. The van der Waals surface area contributed by atoms with E-state index in [9.17, 15) is 4.39 Å². The van der Waals surface area contributed by atoms with Crippen LogP contribution in [0.5, 0.6) is 0 Å². The highest BCUT2D eigenvalue weighted by Gasteiger charge is 2.20. The van der Waals surface area contributed by atoms with Crippen LogP contribution in [0.15, 0.2) is 35.0 Å². The number of carbonyl (C=O) groups is 1. The number of pyridine rings is 1. The van der Waals surface area contributed by atoms with Gasteiger partial charge in [-0.15, -0.1) is 0 Å². The van der Waals surface area contributed by atoms with E-state index in [1.807, 2.05) is 24.5 Å². The molecule has 0 saturated carbocycles. The van der Waals surface area contributed by atoms with Crippen molar-refractivity contribution in [2.75, 3.05) is 6.67 Å². The third-order valence-corrected chi connectivity index (χ3v) is 4.38. The smallest absolute Gasteiger partial charge is 0.290 e. The van der Waals surface area contributed by atoms with E-state index >= 15 is 0 Å². The number of imidazole rings is 1. The highest BCUT2D eigenvalue weighted by atomic mass is 19.1. The lowest BCUT2D eigenvalue weighted by Gasteiger charge is -2.15. The molecule has 3 heterocycles. The molecule has 0 saturated heterocycles. The molecule has 1 N–H and O–H groups in total. The normalized spacial score (nSPS) is 11.7. The van der Waals surface area contributed by atoms with Crippen molar-refractivity contribution in [1.82, 2.24) is 19.7 Å². The van der Waals surface area contributed by atoms with Crippen LogP contribution in [-0.4, -0.2) is 37.9 Å². The van der Waals surface area contributed by atoms with Crippen molar-refractivity contribution in [2.45, 2.75) is 26.3 Å². The Morgan fingerprint density at radius 1 is 1.38 bits per heavy atom. The molecule has 9 heteroatoms. The first kappa shape index (κ1) is 19.9. The molecule has 148 valence electrons. The minimum atomic E-state index is -0.525. The maximum Gasteiger partial charge on any atom is 0.290 e. The number of hydrogen-bond donors (Lipinski definition) is 1. The molecule has 1 atom stereocenters. The molecular weight excluding hydrogens is 377 g/mol. The molecule has 0 bridgehead atoms. The van der Waals surface area contributed by atoms with Gasteiger partial charge in [-0.25, -0.2) is 14.2 Å². The number of aryl methyl sites for hydroxylation is 1. The Kier molecular flexibility index (Phi) is 5.83. The van der Waals surface area contributed by atoms with Crippen LogP contribution in [0.25, 0.3) is 26.8 Å². The van der Waals surface area contributed by atoms with E-state index in [4.69, 9.17) is 21.0 Å². The zero-order valence-electron chi connectivity index (χ0n) is 15.8. The quantitative estimate of drug-likeness (QED) is 0.410. The van der Waals surface area contributed by atoms with Crippen LogP contribution in [0.2, 0.25) is 0 Å². The van der Waals surface area contributed by atoms with Crippen LogP contribution in [0.3, 0.4) is 0 Å². The maximum atomic E-state index is 13.6. The molecule has 0 radical (unpaired) electrons. The summed E-state index contributed by atoms with van der Waals surface area (Å²) in [5.41, 5.74) is 3.47. The topological polar surface area (TPSA) is 98.4 Å². The number of halogens is 1. The summed E-state index contributed by atoms with van der Waals surface area (Å²) in [7, 11) is 0. The Bertz CT molecular complexity index is 1210. The van der Waals surface area contributed by atoms with Crippen molar-refractivity contribution in [1.29, 1.82) is 0 Å². The van der Waals surface area contributed by atoms with E-state index in [2.05, 4.69) is 20.0 Å². The predicted molar refractivity (Wildman–Crippen MR) is 105 cm³/mol. The fourth-order valence-electron chi connectivity index (χ4n) is 3.21. The van der Waals surface area contributed by atoms with Crippen LogP contribution in [0.1, 0.15) is 30.2 Å². The molecule has 4 rings (SSSR count). The van der Waals surface area contributed by atoms with Crippen molar-refractivity contribution in [3.63, 3.8) is 0 Å². The molecule has 1 aromatic carbocycles. The van der Waals surface area contributed by atoms with Crippen molar-refractivity contribution < 1.29 is 18.8 Å². The SMILES string of the molecule is O=CO.[C-]#[N+]c1ccc2ncc3nc(Cc4cc(C)on4)n([C@@H](C)CF)c3c2c1. The average Bonchev–Trinajstić information content (AvgIpc) is 3.30. The molecule has 3 aromatic heterocycles. The van der Waals surface area contributed by atoms with E-state index in [0.29, 0.717) is 23.4 Å². The van der Waals surface area contributed by atoms with Crippen LogP contribution >= 0.6 is 0 Å². The zero-order chi connectivity index (χ0) is 21.0. The van der Waals surface area contributed by atoms with Crippen LogP contribution in [-0.2, 0) is 11.2 Å². The van der Waals surface area contributed by atoms with Gasteiger partial charge in [-0.05, 0) is 26.0 Å². The van der Waals surface area contributed by atoms with E-state index < -0.39 is 12.7 Å². The highest BCUT2D eigenvalue weighted by Crippen LogP contribution is 2.31. The number of hydrogen-bond acceptors (Lipinski definition) is 5. The van der Waals surface area contributed by atoms with Crippen molar-refractivity contribution >= 4 is 34.1 Å². The van der Waals surface area contributed by atoms with Gasteiger partial charge in [0.25, 0.3) is 6.47 Å². The van der Waals surface area contributed by atoms with Gasteiger partial charge < -0.3 is 14.2 Å². The van der Waals surface area contributed by atoms with E-state index in [0.717, 1.165) is 27.9 Å². The lowest BCUT2D eigenvalue weighted by molar-refractivity contribution is -0.122. The number of rotatable bonds is 4. The molecular formula is C20H18FN5O3. The molecule has 0 aliphatic heterocycles. The Morgan fingerprint density at radius 3 is 2.76 bits per heavy atom. The summed E-state index contributed by atoms with van der Waals surface area (Å²) in [4.78, 5) is 21.0. The second kappa shape index (κ2) is 8.48. The van der Waals surface area contributed by atoms with E-state index in [1.54, 1.807) is 24.4 Å². The first-order valence-electron chi connectivity index (χ1n) is 8.75. The Balaban J connectivity index is 0.000000755. The van der Waals surface area contributed by atoms with Gasteiger partial charge >= 0.3 is 0 Å². The lowest BCUT2D eigenvalue weighted by Crippen LogP contribution is -2.12. The highest BCUT2D eigenvalue weighted by molar-refractivity contribution is 6.03. The standard InChI is InChI=1S/C19H16FN5O.CH2O2/c1-11(9-20)25-18(8-14-6-12(2)26-24-14)23-17-10-22-16-5-4-13(21-3)7-15(16)19(17)25;2-1-3/h4-7,10-11H,8-9H2,1-2H3;1H,(H,2,3)/t11-;/m0./s1. The summed E-state index contributed by atoms with van der Waals surface area (Å²) in [6, 6.07) is 6.76. The second-order valence-corrected chi connectivity index (χ2v) is 6.42. The van der Waals surface area contributed by atoms with Crippen molar-refractivity contribution in [2.24, 2.45) is 0 Å². The Hall–Kier alpha value is -3.80. The minimum Gasteiger partial charge on any atom is -0.483 e. The van der Waals surface area contributed by atoms with Gasteiger partial charge in [-0.3, -0.25) is 9.78 Å². The number of fused-ring (bicyclic) bond motifs is 3. The van der Waals surface area contributed by atoms with Crippen LogP contribution in [0, 0.1) is 13.5 Å². The number of benzene rings is 1. The van der Waals surface area contributed by atoms with Crippen molar-refractivity contribution in [3.8, 4) is 0 Å². The van der Waals surface area contributed by atoms with Gasteiger partial charge in [0.1, 0.15) is 23.8 Å². The first-order chi connectivity index (χ1) is 14.0. The third-order valence-electron chi connectivity index (χ3n) is 4.38. The zero-order valence-corrected chi connectivity index (χ0v) is 15.8. The number of nitrogens with zero attached hydrogens (tertiary/aromatic N) is 5. The van der Waals surface area contributed by atoms with E-state index in [-0.39, 0.29) is 6.47 Å². The molecule has 4 aromatic rings. The van der Waals surface area contributed by atoms with E-state index in [1.165, 1.54) is 0 Å². The van der Waals surface area contributed by atoms with Gasteiger partial charge in [-0.1, -0.05) is 11.2 Å². The van der Waals surface area contributed by atoms with Gasteiger partial charge in [0.2, 0.25) is 0 Å². The number of alkyl halides is 1. The second-order valence-electron chi connectivity index (χ2n) is 6.42. The van der Waals surface area contributed by atoms with Gasteiger partial charge in [0.05, 0.1) is 42.0 Å². The third kappa shape index (κ3) is 3.91. The Labute approximate surface area is 165 Å². The molecule has 0 fully saturated rings. The predicted octanol–water partition coefficient (Wildman–Crippen LogP) is 4.25. The molecule has 0 aliphatic carbocycles. The summed E-state index contributed by atoms with van der Waals surface area (Å²) < 4.78 is 20.6. The van der Waals surface area contributed by atoms with Gasteiger partial charge in [0.15, 0.2) is 5.69 Å². The largest absolute Gasteiger partial charge is 0.483 e. The molecule has 0 aliphatic rings. The summed E-state index contributed by atoms with van der Waals surface area (Å²) in [6.45, 7) is 10.1. The fraction of sp³-hybridized carbons (Fsp3) is 0.250. The first-order valence-corrected chi connectivity index (χ1v) is 8.75. The monoisotopic (exact) mass is 395 g/mol. The van der Waals surface area contributed by atoms with Crippen LogP contribution in [0.4, 0.5) is 10.1 Å². The van der Waals surface area contributed by atoms with Crippen molar-refractivity contribution in [3.05, 3.63) is 59.2 Å². The lowest BCUT2D eigenvalue weighted by atomic mass is 10.1. The molecule has 8 nitrogen and oxygen atoms in total. The van der Waals surface area contributed by atoms with Crippen LogP contribution < -0.4 is 0 Å². The number of aromatic nitrogens is 4. The fourth-order valence-corrected chi connectivity index (χ4v) is 3.21. The average molecular weight is 395 g/mol. The molecule has 29 heavy (non-hydrogen) atoms. The maximum absolute atomic E-state index is 13.6. The number of carboxylic acid groups (broad SMARTS) is 1. The van der Waals surface area contributed by atoms with Gasteiger partial charge in [0, 0.05) is 11.5 Å². The Morgan fingerprint density at radius 2 is 2.14 bits per heavy atom. The molecule has 0 amide bonds. The summed E-state index contributed by atoms with van der Waals surface area (Å²) in [6.07, 6.45) is 2.12. The molecule has 0 spiro atoms. The minimum absolute atomic E-state index is 0.250.